The Morgan fingerprint density at radius 2 is 2.21 bits per heavy atom. The topological polar surface area (TPSA) is 37.8 Å². The van der Waals surface area contributed by atoms with Crippen LogP contribution in [-0.2, 0) is 0 Å². The maximum Gasteiger partial charge on any atom is 0.137 e. The molecule has 1 fully saturated rings. The summed E-state index contributed by atoms with van der Waals surface area (Å²) in [6.45, 7) is 8.06. The van der Waals surface area contributed by atoms with Crippen molar-refractivity contribution in [1.29, 1.82) is 0 Å². The molecular formula is C16H23N3. The number of rotatable bonds is 4. The first-order chi connectivity index (χ1) is 9.20. The molecule has 19 heavy (non-hydrogen) atoms. The molecule has 2 rings (SSSR count). The lowest BCUT2D eigenvalue weighted by Crippen LogP contribution is -2.27. The largest absolute Gasteiger partial charge is 0.367 e. The molecule has 1 saturated carbocycles. The number of anilines is 1. The Hall–Kier alpha value is -1.64. The minimum atomic E-state index is 0.536. The first-order valence-corrected chi connectivity index (χ1v) is 7.08. The van der Waals surface area contributed by atoms with Crippen LogP contribution in [0.3, 0.4) is 0 Å². The van der Waals surface area contributed by atoms with Gasteiger partial charge in [-0.3, -0.25) is 0 Å². The molecule has 0 bridgehead atoms. The summed E-state index contributed by atoms with van der Waals surface area (Å²) in [5, 5.41) is 3.59. The molecule has 0 saturated heterocycles. The summed E-state index contributed by atoms with van der Waals surface area (Å²) in [6.07, 6.45) is 12.5. The second-order valence-electron chi connectivity index (χ2n) is 5.43. The molecule has 1 heterocycles. The van der Waals surface area contributed by atoms with E-state index in [4.69, 9.17) is 0 Å². The second-order valence-corrected chi connectivity index (χ2v) is 5.43. The van der Waals surface area contributed by atoms with Crippen LogP contribution in [0.25, 0.3) is 6.08 Å². The minimum absolute atomic E-state index is 0.536. The van der Waals surface area contributed by atoms with E-state index in [1.165, 1.54) is 25.7 Å². The van der Waals surface area contributed by atoms with Crippen LogP contribution in [0.4, 0.5) is 5.82 Å². The van der Waals surface area contributed by atoms with Gasteiger partial charge in [-0.15, -0.1) is 0 Å². The molecule has 3 heteroatoms. The summed E-state index contributed by atoms with van der Waals surface area (Å²) in [7, 11) is 0. The zero-order valence-corrected chi connectivity index (χ0v) is 11.9. The third-order valence-corrected chi connectivity index (χ3v) is 3.76. The molecule has 0 spiro atoms. The lowest BCUT2D eigenvalue weighted by Gasteiger charge is -2.28. The Bertz CT molecular complexity index is 465. The first-order valence-electron chi connectivity index (χ1n) is 7.08. The van der Waals surface area contributed by atoms with Crippen molar-refractivity contribution in [2.75, 3.05) is 5.32 Å². The lowest BCUT2D eigenvalue weighted by molar-refractivity contribution is 0.358. The van der Waals surface area contributed by atoms with Gasteiger partial charge >= 0.3 is 0 Å². The van der Waals surface area contributed by atoms with E-state index < -0.39 is 0 Å². The van der Waals surface area contributed by atoms with Crippen molar-refractivity contribution in [1.82, 2.24) is 9.97 Å². The molecule has 1 N–H and O–H groups in total. The fourth-order valence-electron chi connectivity index (χ4n) is 2.72. The Morgan fingerprint density at radius 3 is 2.95 bits per heavy atom. The predicted molar refractivity (Wildman–Crippen MR) is 81.0 cm³/mol. The van der Waals surface area contributed by atoms with Crippen LogP contribution in [-0.4, -0.2) is 16.0 Å². The van der Waals surface area contributed by atoms with E-state index in [9.17, 15) is 0 Å². The summed E-state index contributed by atoms with van der Waals surface area (Å²) in [5.41, 5.74) is 2.07. The summed E-state index contributed by atoms with van der Waals surface area (Å²) in [4.78, 5) is 8.67. The van der Waals surface area contributed by atoms with Crippen LogP contribution in [0.1, 0.15) is 43.9 Å². The number of allylic oxidation sites excluding steroid dienone is 2. The zero-order chi connectivity index (χ0) is 13.7. The second kappa shape index (κ2) is 6.50. The highest BCUT2D eigenvalue weighted by atomic mass is 15.0. The minimum Gasteiger partial charge on any atom is -0.367 e. The van der Waals surface area contributed by atoms with E-state index in [1.54, 1.807) is 12.4 Å². The van der Waals surface area contributed by atoms with Gasteiger partial charge < -0.3 is 5.32 Å². The van der Waals surface area contributed by atoms with E-state index in [0.717, 1.165) is 23.0 Å². The molecule has 2 unspecified atom stereocenters. The predicted octanol–water partition coefficient (Wildman–Crippen LogP) is 3.97. The van der Waals surface area contributed by atoms with Gasteiger partial charge in [0.15, 0.2) is 0 Å². The van der Waals surface area contributed by atoms with E-state index in [-0.39, 0.29) is 0 Å². The number of hydrogen-bond acceptors (Lipinski definition) is 3. The molecule has 2 atom stereocenters. The number of nitrogens with zero attached hydrogens (tertiary/aromatic N) is 2. The summed E-state index contributed by atoms with van der Waals surface area (Å²) in [5.74, 6) is 1.76. The third-order valence-electron chi connectivity index (χ3n) is 3.76. The Kier molecular flexibility index (Phi) is 4.72. The first kappa shape index (κ1) is 13.8. The Balaban J connectivity index is 2.17. The Labute approximate surface area is 115 Å². The highest BCUT2D eigenvalue weighted by Crippen LogP contribution is 2.27. The van der Waals surface area contributed by atoms with Crippen LogP contribution in [0.15, 0.2) is 25.1 Å². The maximum absolute atomic E-state index is 4.40. The summed E-state index contributed by atoms with van der Waals surface area (Å²) in [6, 6.07) is 0.536. The van der Waals surface area contributed by atoms with Crippen LogP contribution in [0.5, 0.6) is 0 Å². The van der Waals surface area contributed by atoms with E-state index >= 15 is 0 Å². The van der Waals surface area contributed by atoms with Gasteiger partial charge in [0.1, 0.15) is 12.1 Å². The molecular weight excluding hydrogens is 234 g/mol. The van der Waals surface area contributed by atoms with Crippen LogP contribution in [0, 0.1) is 12.8 Å². The molecule has 1 aromatic heterocycles. The van der Waals surface area contributed by atoms with Crippen molar-refractivity contribution in [2.24, 2.45) is 5.92 Å². The maximum atomic E-state index is 4.40. The highest BCUT2D eigenvalue weighted by Gasteiger charge is 2.20. The Morgan fingerprint density at radius 1 is 1.37 bits per heavy atom. The SMILES string of the molecule is C=C/C=C\c1c(C)ncnc1NC1CCCC(C)C1. The van der Waals surface area contributed by atoms with Crippen molar-refractivity contribution in [3.63, 3.8) is 0 Å². The molecule has 3 nitrogen and oxygen atoms in total. The normalized spacial score (nSPS) is 23.5. The fraction of sp³-hybridized carbons (Fsp3) is 0.500. The quantitative estimate of drug-likeness (QED) is 0.829. The van der Waals surface area contributed by atoms with Crippen molar-refractivity contribution >= 4 is 11.9 Å². The monoisotopic (exact) mass is 257 g/mol. The van der Waals surface area contributed by atoms with E-state index in [2.05, 4.69) is 28.8 Å². The number of nitrogens with one attached hydrogen (secondary N) is 1. The molecule has 1 aromatic rings. The molecule has 0 aliphatic heterocycles. The van der Waals surface area contributed by atoms with Crippen molar-refractivity contribution in [3.05, 3.63) is 36.3 Å². The van der Waals surface area contributed by atoms with Gasteiger partial charge in [-0.25, -0.2) is 9.97 Å². The van der Waals surface area contributed by atoms with Gasteiger partial charge in [0.2, 0.25) is 0 Å². The van der Waals surface area contributed by atoms with Gasteiger partial charge in [0.25, 0.3) is 0 Å². The van der Waals surface area contributed by atoms with Gasteiger partial charge in [-0.2, -0.15) is 0 Å². The average Bonchev–Trinajstić information content (AvgIpc) is 2.38. The smallest absolute Gasteiger partial charge is 0.137 e. The van der Waals surface area contributed by atoms with Crippen LogP contribution < -0.4 is 5.32 Å². The molecule has 102 valence electrons. The van der Waals surface area contributed by atoms with E-state index in [0.29, 0.717) is 6.04 Å². The van der Waals surface area contributed by atoms with E-state index in [1.807, 2.05) is 19.1 Å². The van der Waals surface area contributed by atoms with Gasteiger partial charge in [0.05, 0.1) is 5.69 Å². The highest BCUT2D eigenvalue weighted by molar-refractivity contribution is 5.65. The van der Waals surface area contributed by atoms with Gasteiger partial charge in [-0.05, 0) is 31.8 Å². The number of aromatic nitrogens is 2. The molecule has 1 aliphatic carbocycles. The molecule has 0 aromatic carbocycles. The number of aryl methyl sites for hydroxylation is 1. The van der Waals surface area contributed by atoms with Crippen molar-refractivity contribution in [3.8, 4) is 0 Å². The molecule has 0 radical (unpaired) electrons. The lowest BCUT2D eigenvalue weighted by atomic mass is 9.87. The molecule has 1 aliphatic rings. The van der Waals surface area contributed by atoms with Gasteiger partial charge in [0, 0.05) is 11.6 Å². The standard InChI is InChI=1S/C16H23N3/c1-4-5-9-15-13(3)17-11-18-16(15)19-14-8-6-7-12(2)10-14/h4-5,9,11-12,14H,1,6-8,10H2,2-3H3,(H,17,18,19)/b9-5-. The molecule has 0 amide bonds. The zero-order valence-electron chi connectivity index (χ0n) is 11.9. The third kappa shape index (κ3) is 3.66. The van der Waals surface area contributed by atoms with Crippen LogP contribution >= 0.6 is 0 Å². The van der Waals surface area contributed by atoms with Crippen molar-refractivity contribution < 1.29 is 0 Å². The van der Waals surface area contributed by atoms with Gasteiger partial charge in [-0.1, -0.05) is 38.5 Å². The van der Waals surface area contributed by atoms with Crippen molar-refractivity contribution in [2.45, 2.75) is 45.6 Å². The number of hydrogen-bond donors (Lipinski definition) is 1. The summed E-state index contributed by atoms with van der Waals surface area (Å²) < 4.78 is 0. The fourth-order valence-corrected chi connectivity index (χ4v) is 2.72. The van der Waals surface area contributed by atoms with Crippen LogP contribution in [0.2, 0.25) is 0 Å². The summed E-state index contributed by atoms with van der Waals surface area (Å²) >= 11 is 0. The average molecular weight is 257 g/mol.